The molecule has 0 heterocycles. The highest BCUT2D eigenvalue weighted by Crippen LogP contribution is 2.22. The molecule has 0 saturated carbocycles. The Hall–Kier alpha value is -1.02. The molecule has 0 saturated heterocycles. The van der Waals surface area contributed by atoms with Crippen LogP contribution < -0.4 is 5.32 Å². The number of hydrogen-bond donors (Lipinski definition) is 1. The van der Waals surface area contributed by atoms with Gasteiger partial charge in [-0.15, -0.1) is 0 Å². The summed E-state index contributed by atoms with van der Waals surface area (Å²) in [5.74, 6) is 0. The van der Waals surface area contributed by atoms with Crippen LogP contribution in [0.1, 0.15) is 24.0 Å². The van der Waals surface area contributed by atoms with Crippen molar-refractivity contribution in [3.05, 3.63) is 69.7 Å². The average Bonchev–Trinajstić information content (AvgIpc) is 2.51. The van der Waals surface area contributed by atoms with Crippen LogP contribution in [-0.4, -0.2) is 13.1 Å². The number of aryl methyl sites for hydroxylation is 1. The average molecular weight is 322 g/mol. The van der Waals surface area contributed by atoms with Crippen LogP contribution >= 0.6 is 23.2 Å². The fourth-order valence-electron chi connectivity index (χ4n) is 2.51. The Morgan fingerprint density at radius 2 is 1.81 bits per heavy atom. The van der Waals surface area contributed by atoms with Gasteiger partial charge in [0.2, 0.25) is 0 Å². The van der Waals surface area contributed by atoms with Crippen molar-refractivity contribution in [2.75, 3.05) is 7.05 Å². The maximum atomic E-state index is 6.24. The summed E-state index contributed by atoms with van der Waals surface area (Å²) in [6.45, 7) is 0. The van der Waals surface area contributed by atoms with Gasteiger partial charge in [0.25, 0.3) is 0 Å². The van der Waals surface area contributed by atoms with Gasteiger partial charge in [-0.25, -0.2) is 0 Å². The van der Waals surface area contributed by atoms with Crippen molar-refractivity contribution in [1.82, 2.24) is 5.32 Å². The first-order valence-corrected chi connectivity index (χ1v) is 8.09. The van der Waals surface area contributed by atoms with Gasteiger partial charge in [-0.1, -0.05) is 53.5 Å². The van der Waals surface area contributed by atoms with Crippen LogP contribution in [0.2, 0.25) is 10.0 Å². The topological polar surface area (TPSA) is 12.0 Å². The van der Waals surface area contributed by atoms with Crippen LogP contribution in [0.25, 0.3) is 0 Å². The third-order valence-electron chi connectivity index (χ3n) is 3.74. The summed E-state index contributed by atoms with van der Waals surface area (Å²) in [7, 11) is 2.01. The van der Waals surface area contributed by atoms with Crippen LogP contribution in [0.15, 0.2) is 48.5 Å². The van der Waals surface area contributed by atoms with Gasteiger partial charge in [0.05, 0.1) is 0 Å². The molecular formula is C18H21Cl2N. The molecule has 2 rings (SSSR count). The minimum Gasteiger partial charge on any atom is -0.317 e. The molecule has 0 radical (unpaired) electrons. The molecule has 2 aromatic rings. The Labute approximate surface area is 137 Å². The van der Waals surface area contributed by atoms with Gasteiger partial charge in [0, 0.05) is 16.1 Å². The standard InChI is InChI=1S/C18H21Cl2N/c1-21-17(9-5-8-14-6-3-2-4-7-14)13-15-12-16(19)10-11-18(15)20/h2-4,6-7,10-12,17,21H,5,8-9,13H2,1H3. The molecule has 0 aliphatic carbocycles. The molecule has 0 aliphatic heterocycles. The highest BCUT2D eigenvalue weighted by molar-refractivity contribution is 6.33. The smallest absolute Gasteiger partial charge is 0.0439 e. The van der Waals surface area contributed by atoms with E-state index in [0.29, 0.717) is 6.04 Å². The van der Waals surface area contributed by atoms with Gasteiger partial charge < -0.3 is 5.32 Å². The monoisotopic (exact) mass is 321 g/mol. The van der Waals surface area contributed by atoms with E-state index in [9.17, 15) is 0 Å². The van der Waals surface area contributed by atoms with Gasteiger partial charge in [-0.05, 0) is 62.1 Å². The van der Waals surface area contributed by atoms with Gasteiger partial charge >= 0.3 is 0 Å². The summed E-state index contributed by atoms with van der Waals surface area (Å²) in [4.78, 5) is 0. The summed E-state index contributed by atoms with van der Waals surface area (Å²) < 4.78 is 0. The maximum absolute atomic E-state index is 6.24. The quantitative estimate of drug-likeness (QED) is 0.743. The van der Waals surface area contributed by atoms with E-state index in [0.717, 1.165) is 41.3 Å². The Bertz CT molecular complexity index is 554. The van der Waals surface area contributed by atoms with Crippen LogP contribution in [0.3, 0.4) is 0 Å². The maximum Gasteiger partial charge on any atom is 0.0439 e. The highest BCUT2D eigenvalue weighted by Gasteiger charge is 2.10. The van der Waals surface area contributed by atoms with Crippen molar-refractivity contribution >= 4 is 23.2 Å². The van der Waals surface area contributed by atoms with Crippen molar-refractivity contribution in [3.63, 3.8) is 0 Å². The SMILES string of the molecule is CNC(CCCc1ccccc1)Cc1cc(Cl)ccc1Cl. The van der Waals surface area contributed by atoms with E-state index in [2.05, 4.69) is 35.6 Å². The summed E-state index contributed by atoms with van der Waals surface area (Å²) >= 11 is 12.3. The second kappa shape index (κ2) is 8.43. The summed E-state index contributed by atoms with van der Waals surface area (Å²) in [6, 6.07) is 16.7. The number of halogens is 2. The van der Waals surface area contributed by atoms with E-state index >= 15 is 0 Å². The molecule has 0 spiro atoms. The van der Waals surface area contributed by atoms with Gasteiger partial charge in [-0.2, -0.15) is 0 Å². The fraction of sp³-hybridized carbons (Fsp3) is 0.333. The third-order valence-corrected chi connectivity index (χ3v) is 4.35. The van der Waals surface area contributed by atoms with Crippen LogP contribution in [-0.2, 0) is 12.8 Å². The minimum atomic E-state index is 0.421. The van der Waals surface area contributed by atoms with E-state index < -0.39 is 0 Å². The number of benzene rings is 2. The summed E-state index contributed by atoms with van der Waals surface area (Å²) in [5.41, 5.74) is 2.51. The van der Waals surface area contributed by atoms with E-state index in [-0.39, 0.29) is 0 Å². The minimum absolute atomic E-state index is 0.421. The van der Waals surface area contributed by atoms with Crippen molar-refractivity contribution in [1.29, 1.82) is 0 Å². The number of hydrogen-bond acceptors (Lipinski definition) is 1. The molecule has 112 valence electrons. The van der Waals surface area contributed by atoms with Crippen LogP contribution in [0.4, 0.5) is 0 Å². The first kappa shape index (κ1) is 16.4. The number of rotatable bonds is 7. The van der Waals surface area contributed by atoms with Crippen LogP contribution in [0.5, 0.6) is 0 Å². The normalized spacial score (nSPS) is 12.3. The largest absolute Gasteiger partial charge is 0.317 e. The zero-order chi connectivity index (χ0) is 15.1. The zero-order valence-corrected chi connectivity index (χ0v) is 13.8. The zero-order valence-electron chi connectivity index (χ0n) is 12.3. The molecule has 1 unspecified atom stereocenters. The number of likely N-dealkylation sites (N-methyl/N-ethyl adjacent to an activating group) is 1. The molecule has 0 amide bonds. The molecule has 2 aromatic carbocycles. The molecular weight excluding hydrogens is 301 g/mol. The van der Waals surface area contributed by atoms with E-state index in [4.69, 9.17) is 23.2 Å². The molecule has 0 fully saturated rings. The van der Waals surface area contributed by atoms with Gasteiger partial charge in [0.1, 0.15) is 0 Å². The molecule has 1 N–H and O–H groups in total. The lowest BCUT2D eigenvalue weighted by molar-refractivity contribution is 0.502. The fourth-order valence-corrected chi connectivity index (χ4v) is 2.90. The molecule has 0 bridgehead atoms. The van der Waals surface area contributed by atoms with E-state index in [1.165, 1.54) is 5.56 Å². The van der Waals surface area contributed by atoms with E-state index in [1.807, 2.05) is 25.2 Å². The third kappa shape index (κ3) is 5.35. The van der Waals surface area contributed by atoms with Gasteiger partial charge in [0.15, 0.2) is 0 Å². The summed E-state index contributed by atoms with van der Waals surface area (Å²) in [5, 5.41) is 4.92. The Balaban J connectivity index is 1.87. The Morgan fingerprint density at radius 1 is 1.05 bits per heavy atom. The molecule has 0 aliphatic rings. The lowest BCUT2D eigenvalue weighted by Gasteiger charge is -2.17. The van der Waals surface area contributed by atoms with E-state index in [1.54, 1.807) is 0 Å². The highest BCUT2D eigenvalue weighted by atomic mass is 35.5. The molecule has 21 heavy (non-hydrogen) atoms. The second-order valence-corrected chi connectivity index (χ2v) is 6.15. The second-order valence-electron chi connectivity index (χ2n) is 5.30. The molecule has 3 heteroatoms. The predicted molar refractivity (Wildman–Crippen MR) is 92.4 cm³/mol. The van der Waals surface area contributed by atoms with Crippen molar-refractivity contribution in [2.45, 2.75) is 31.7 Å². The molecule has 1 nitrogen and oxygen atoms in total. The Kier molecular flexibility index (Phi) is 6.56. The predicted octanol–water partition coefficient (Wildman–Crippen LogP) is 5.15. The van der Waals surface area contributed by atoms with Crippen LogP contribution in [0, 0.1) is 0 Å². The lowest BCUT2D eigenvalue weighted by atomic mass is 9.99. The summed E-state index contributed by atoms with van der Waals surface area (Å²) in [6.07, 6.45) is 4.30. The van der Waals surface area contributed by atoms with Gasteiger partial charge in [-0.3, -0.25) is 0 Å². The number of nitrogens with one attached hydrogen (secondary N) is 1. The lowest BCUT2D eigenvalue weighted by Crippen LogP contribution is -2.27. The van der Waals surface area contributed by atoms with Crippen molar-refractivity contribution < 1.29 is 0 Å². The molecule has 1 atom stereocenters. The first-order valence-electron chi connectivity index (χ1n) is 7.34. The van der Waals surface area contributed by atoms with Crippen molar-refractivity contribution in [2.24, 2.45) is 0 Å². The van der Waals surface area contributed by atoms with Crippen molar-refractivity contribution in [3.8, 4) is 0 Å². The first-order chi connectivity index (χ1) is 10.2. The Morgan fingerprint density at radius 3 is 2.52 bits per heavy atom. The molecule has 0 aromatic heterocycles.